The van der Waals surface area contributed by atoms with Crippen LogP contribution in [0.15, 0.2) is 76.7 Å². The smallest absolute Gasteiger partial charge is 0.337 e. The zero-order valence-corrected chi connectivity index (χ0v) is 17.5. The van der Waals surface area contributed by atoms with E-state index >= 15 is 0 Å². The Morgan fingerprint density at radius 2 is 1.79 bits per heavy atom. The number of rotatable bonds is 8. The number of carboxylic acids is 1. The first-order valence-electron chi connectivity index (χ1n) is 9.14. The van der Waals surface area contributed by atoms with Crippen molar-refractivity contribution in [3.63, 3.8) is 0 Å². The van der Waals surface area contributed by atoms with Gasteiger partial charge in [0.25, 0.3) is 15.7 Å². The lowest BCUT2D eigenvalue weighted by Gasteiger charge is -2.13. The molecule has 0 saturated heterocycles. The highest BCUT2D eigenvalue weighted by Gasteiger charge is 2.24. The van der Waals surface area contributed by atoms with E-state index in [1.54, 1.807) is 24.3 Å². The summed E-state index contributed by atoms with van der Waals surface area (Å²) in [5.74, 6) is -1.35. The lowest BCUT2D eigenvalue weighted by atomic mass is 10.2. The summed E-state index contributed by atoms with van der Waals surface area (Å²) in [6.07, 6.45) is 1.37. The maximum Gasteiger partial charge on any atom is 0.337 e. The fourth-order valence-corrected chi connectivity index (χ4v) is 3.97. The lowest BCUT2D eigenvalue weighted by Crippen LogP contribution is -2.17. The number of nitrogens with zero attached hydrogens (tertiary/aromatic N) is 3. The summed E-state index contributed by atoms with van der Waals surface area (Å²) < 4.78 is 28.2. The van der Waals surface area contributed by atoms with Gasteiger partial charge >= 0.3 is 5.97 Å². The minimum atomic E-state index is -4.45. The van der Waals surface area contributed by atoms with E-state index in [-0.39, 0.29) is 16.9 Å². The maximum atomic E-state index is 13.0. The lowest BCUT2D eigenvalue weighted by molar-refractivity contribution is -0.385. The zero-order chi connectivity index (χ0) is 24.0. The van der Waals surface area contributed by atoms with Crippen molar-refractivity contribution in [3.8, 4) is 6.07 Å². The van der Waals surface area contributed by atoms with Crippen molar-refractivity contribution in [3.05, 3.63) is 93.5 Å². The number of benzene rings is 3. The van der Waals surface area contributed by atoms with Gasteiger partial charge in [0.15, 0.2) is 0 Å². The number of carbonyl (C=O) groups is 1. The molecule has 11 nitrogen and oxygen atoms in total. The number of hydrogen-bond acceptors (Lipinski definition) is 8. The largest absolute Gasteiger partial charge is 0.478 e. The molecule has 12 heteroatoms. The summed E-state index contributed by atoms with van der Waals surface area (Å²) in [7, 11) is -4.45. The summed E-state index contributed by atoms with van der Waals surface area (Å²) in [4.78, 5) is 21.3. The van der Waals surface area contributed by atoms with Crippen LogP contribution in [0.4, 0.5) is 17.1 Å². The Morgan fingerprint density at radius 1 is 1.09 bits per heavy atom. The second kappa shape index (κ2) is 9.58. The molecule has 0 fully saturated rings. The third-order valence-electron chi connectivity index (χ3n) is 4.31. The van der Waals surface area contributed by atoms with Crippen molar-refractivity contribution in [2.75, 3.05) is 10.1 Å². The quantitative estimate of drug-likeness (QED) is 0.257. The Bertz CT molecular complexity index is 1400. The molecule has 3 aromatic carbocycles. The number of non-ortho nitro benzene ring substituents is 1. The van der Waals surface area contributed by atoms with Gasteiger partial charge in [-0.3, -0.25) is 20.3 Å². The molecule has 0 aliphatic rings. The van der Waals surface area contributed by atoms with E-state index in [0.29, 0.717) is 11.1 Å². The van der Waals surface area contributed by atoms with Crippen LogP contribution in [-0.4, -0.2) is 30.6 Å². The highest BCUT2D eigenvalue weighted by atomic mass is 32.2. The monoisotopic (exact) mass is 465 g/mol. The predicted molar refractivity (Wildman–Crippen MR) is 120 cm³/mol. The molecule has 0 spiro atoms. The summed E-state index contributed by atoms with van der Waals surface area (Å²) in [6, 6.07) is 16.8. The third-order valence-corrected chi connectivity index (χ3v) is 5.71. The molecule has 0 unspecified atom stereocenters. The van der Waals surface area contributed by atoms with E-state index in [2.05, 4.69) is 15.2 Å². The van der Waals surface area contributed by atoms with Crippen molar-refractivity contribution < 1.29 is 23.2 Å². The minimum absolute atomic E-state index is 0.0780. The first-order valence-corrected chi connectivity index (χ1v) is 10.6. The highest BCUT2D eigenvalue weighted by Crippen LogP contribution is 2.29. The van der Waals surface area contributed by atoms with Gasteiger partial charge in [-0.2, -0.15) is 10.4 Å². The summed E-state index contributed by atoms with van der Waals surface area (Å²) in [5.41, 5.74) is 2.54. The number of nitro benzene ring substituents is 1. The highest BCUT2D eigenvalue weighted by molar-refractivity contribution is 7.93. The van der Waals surface area contributed by atoms with Crippen LogP contribution in [0.5, 0.6) is 0 Å². The second-order valence-electron chi connectivity index (χ2n) is 6.50. The average molecular weight is 465 g/mol. The fraction of sp³-hybridized carbons (Fsp3) is 0. The summed E-state index contributed by atoms with van der Waals surface area (Å²) in [6.45, 7) is 0. The van der Waals surface area contributed by atoms with Crippen molar-refractivity contribution in [2.24, 2.45) is 5.10 Å². The molecule has 166 valence electrons. The van der Waals surface area contributed by atoms with Crippen LogP contribution in [0.1, 0.15) is 21.5 Å². The van der Waals surface area contributed by atoms with Crippen LogP contribution in [0.2, 0.25) is 0 Å². The number of sulfonamides is 1. The zero-order valence-electron chi connectivity index (χ0n) is 16.7. The number of nitro groups is 1. The molecule has 0 aromatic heterocycles. The average Bonchev–Trinajstić information content (AvgIpc) is 2.79. The molecule has 3 rings (SSSR count). The first-order chi connectivity index (χ1) is 15.7. The van der Waals surface area contributed by atoms with Crippen molar-refractivity contribution >= 4 is 39.3 Å². The maximum absolute atomic E-state index is 13.0. The molecule has 0 amide bonds. The Balaban J connectivity index is 1.96. The molecule has 0 aliphatic heterocycles. The second-order valence-corrected chi connectivity index (χ2v) is 8.15. The molecule has 0 atom stereocenters. The van der Waals surface area contributed by atoms with Gasteiger partial charge in [0, 0.05) is 12.1 Å². The molecular formula is C21H15N5O6S. The van der Waals surface area contributed by atoms with E-state index in [9.17, 15) is 28.4 Å². The van der Waals surface area contributed by atoms with Crippen LogP contribution < -0.4 is 10.1 Å². The predicted octanol–water partition coefficient (Wildman–Crippen LogP) is 3.41. The molecule has 0 aliphatic carbocycles. The number of carboxylic acid groups (broad SMARTS) is 1. The molecular weight excluding hydrogens is 450 g/mol. The Morgan fingerprint density at radius 3 is 2.42 bits per heavy atom. The minimum Gasteiger partial charge on any atom is -0.478 e. The van der Waals surface area contributed by atoms with Gasteiger partial charge in [-0.15, -0.1) is 0 Å². The van der Waals surface area contributed by atoms with Crippen LogP contribution in [0.25, 0.3) is 0 Å². The normalized spacial score (nSPS) is 11.0. The molecule has 0 heterocycles. The van der Waals surface area contributed by atoms with Gasteiger partial charge in [0.1, 0.15) is 4.90 Å². The molecule has 0 saturated carbocycles. The molecule has 3 aromatic rings. The standard InChI is InChI=1S/C21H15N5O6S/c22-12-14-5-7-15(8-6-14)13-23-24-19-10-9-16(26(29)30)11-20(19)33(31,32)25-18-4-2-1-3-17(18)21(27)28/h1-11,13,24-25H,(H,27,28)/b23-13-. The molecule has 0 bridgehead atoms. The van der Waals surface area contributed by atoms with Gasteiger partial charge in [-0.25, -0.2) is 13.2 Å². The SMILES string of the molecule is N#Cc1ccc(/C=N\Nc2ccc([N+](=O)[O-])cc2S(=O)(=O)Nc2ccccc2C(=O)O)cc1. The van der Waals surface area contributed by atoms with E-state index in [1.165, 1.54) is 36.5 Å². The van der Waals surface area contributed by atoms with Crippen molar-refractivity contribution in [1.82, 2.24) is 0 Å². The Labute approximate surface area is 187 Å². The molecule has 0 radical (unpaired) electrons. The van der Waals surface area contributed by atoms with Crippen LogP contribution in [0.3, 0.4) is 0 Å². The van der Waals surface area contributed by atoms with Crippen LogP contribution in [-0.2, 0) is 10.0 Å². The van der Waals surface area contributed by atoms with Crippen molar-refractivity contribution in [2.45, 2.75) is 4.90 Å². The van der Waals surface area contributed by atoms with E-state index in [0.717, 1.165) is 12.1 Å². The summed E-state index contributed by atoms with van der Waals surface area (Å²) in [5, 5.41) is 33.3. The third kappa shape index (κ3) is 5.49. The number of para-hydroxylation sites is 1. The van der Waals surface area contributed by atoms with E-state index in [4.69, 9.17) is 5.26 Å². The fourth-order valence-electron chi connectivity index (χ4n) is 2.72. The Hall–Kier alpha value is -4.76. The van der Waals surface area contributed by atoms with Gasteiger partial charge in [-0.1, -0.05) is 24.3 Å². The van der Waals surface area contributed by atoms with Gasteiger partial charge in [0.2, 0.25) is 0 Å². The molecule has 33 heavy (non-hydrogen) atoms. The van der Waals surface area contributed by atoms with E-state index < -0.39 is 31.5 Å². The van der Waals surface area contributed by atoms with Gasteiger partial charge in [0.05, 0.1) is 39.7 Å². The topological polar surface area (TPSA) is 175 Å². The number of hydrogen-bond donors (Lipinski definition) is 3. The molecule has 3 N–H and O–H groups in total. The number of anilines is 2. The van der Waals surface area contributed by atoms with Gasteiger partial charge in [-0.05, 0) is 35.9 Å². The number of aromatic carboxylic acids is 1. The van der Waals surface area contributed by atoms with Crippen molar-refractivity contribution in [1.29, 1.82) is 5.26 Å². The number of hydrazone groups is 1. The van der Waals surface area contributed by atoms with E-state index in [1.807, 2.05) is 6.07 Å². The number of nitriles is 1. The Kier molecular flexibility index (Phi) is 6.65. The first kappa shape index (κ1) is 22.9. The number of nitrogens with one attached hydrogen (secondary N) is 2. The van der Waals surface area contributed by atoms with Gasteiger partial charge < -0.3 is 5.11 Å². The van der Waals surface area contributed by atoms with Crippen LogP contribution in [0, 0.1) is 21.4 Å². The van der Waals surface area contributed by atoms with Crippen LogP contribution >= 0.6 is 0 Å². The summed E-state index contributed by atoms with van der Waals surface area (Å²) >= 11 is 0.